The average molecular weight is 337 g/mol. The van der Waals surface area contributed by atoms with Crippen molar-refractivity contribution >= 4 is 17.2 Å². The molecule has 3 rings (SSSR count). The van der Waals surface area contributed by atoms with Crippen LogP contribution in [0.15, 0.2) is 49.1 Å². The third kappa shape index (κ3) is 3.69. The van der Waals surface area contributed by atoms with Crippen molar-refractivity contribution in [2.75, 3.05) is 5.32 Å². The van der Waals surface area contributed by atoms with Gasteiger partial charge in [-0.15, -0.1) is 0 Å². The first-order valence-electron chi connectivity index (χ1n) is 7.46. The van der Waals surface area contributed by atoms with Gasteiger partial charge in [-0.3, -0.25) is 15.1 Å². The number of aromatic nitrogens is 3. The van der Waals surface area contributed by atoms with E-state index >= 15 is 0 Å². The van der Waals surface area contributed by atoms with Gasteiger partial charge in [-0.05, 0) is 49.2 Å². The van der Waals surface area contributed by atoms with Crippen LogP contribution >= 0.6 is 0 Å². The second-order valence-electron chi connectivity index (χ2n) is 5.35. The molecule has 0 amide bonds. The number of anilines is 2. The van der Waals surface area contributed by atoms with Gasteiger partial charge in [0.15, 0.2) is 0 Å². The number of rotatable bonds is 5. The molecule has 0 aliphatic heterocycles. The van der Waals surface area contributed by atoms with Crippen molar-refractivity contribution in [3.63, 3.8) is 0 Å². The summed E-state index contributed by atoms with van der Waals surface area (Å²) < 4.78 is 5.64. The number of hydrogen-bond donors (Lipinski definition) is 1. The van der Waals surface area contributed by atoms with Gasteiger partial charge in [0, 0.05) is 6.20 Å². The van der Waals surface area contributed by atoms with Gasteiger partial charge in [-0.2, -0.15) is 4.98 Å². The molecule has 2 heterocycles. The Kier molecular flexibility index (Phi) is 4.51. The zero-order valence-corrected chi connectivity index (χ0v) is 13.6. The van der Waals surface area contributed by atoms with Gasteiger partial charge in [0.1, 0.15) is 12.1 Å². The number of pyridine rings is 1. The Balaban J connectivity index is 1.97. The molecule has 0 saturated heterocycles. The molecule has 3 aromatic rings. The Bertz CT molecular complexity index is 915. The smallest absolute Gasteiger partial charge is 0.373 e. The summed E-state index contributed by atoms with van der Waals surface area (Å²) in [5.41, 5.74) is 2.34. The van der Waals surface area contributed by atoms with E-state index in [1.807, 2.05) is 19.9 Å². The zero-order chi connectivity index (χ0) is 17.8. The second-order valence-corrected chi connectivity index (χ2v) is 5.35. The summed E-state index contributed by atoms with van der Waals surface area (Å²) in [6, 6.07) is 8.86. The second kappa shape index (κ2) is 6.91. The van der Waals surface area contributed by atoms with E-state index in [9.17, 15) is 10.1 Å². The number of benzene rings is 1. The lowest BCUT2D eigenvalue weighted by Crippen LogP contribution is -2.03. The highest BCUT2D eigenvalue weighted by Crippen LogP contribution is 2.35. The van der Waals surface area contributed by atoms with E-state index in [1.54, 1.807) is 30.5 Å². The number of hydrogen-bond acceptors (Lipinski definition) is 7. The molecular formula is C17H15N5O3. The predicted octanol–water partition coefficient (Wildman–Crippen LogP) is 3.93. The zero-order valence-electron chi connectivity index (χ0n) is 13.6. The van der Waals surface area contributed by atoms with Gasteiger partial charge in [0.05, 0.1) is 16.8 Å². The normalized spacial score (nSPS) is 10.3. The fourth-order valence-electron chi connectivity index (χ4n) is 2.16. The summed E-state index contributed by atoms with van der Waals surface area (Å²) in [6.45, 7) is 3.91. The Hall–Kier alpha value is -3.55. The van der Waals surface area contributed by atoms with Crippen LogP contribution in [-0.4, -0.2) is 19.9 Å². The van der Waals surface area contributed by atoms with E-state index in [4.69, 9.17) is 4.74 Å². The minimum atomic E-state index is -0.574. The van der Waals surface area contributed by atoms with Gasteiger partial charge in [-0.25, -0.2) is 4.98 Å². The van der Waals surface area contributed by atoms with Gasteiger partial charge in [0.25, 0.3) is 0 Å². The number of nitrogens with one attached hydrogen (secondary N) is 1. The van der Waals surface area contributed by atoms with Crippen molar-refractivity contribution in [2.24, 2.45) is 0 Å². The number of ether oxygens (including phenoxy) is 1. The SMILES string of the molecule is Cc1ccc(Oc2ncnc(Nc3cccnc3)c2[N+](=O)[O-])cc1C. The van der Waals surface area contributed by atoms with E-state index in [2.05, 4.69) is 20.3 Å². The molecule has 8 heteroatoms. The first-order valence-corrected chi connectivity index (χ1v) is 7.46. The number of nitrogens with zero attached hydrogens (tertiary/aromatic N) is 4. The fourth-order valence-corrected chi connectivity index (χ4v) is 2.16. The topological polar surface area (TPSA) is 103 Å². The third-order valence-corrected chi connectivity index (χ3v) is 3.59. The summed E-state index contributed by atoms with van der Waals surface area (Å²) in [4.78, 5) is 22.8. The molecule has 0 fully saturated rings. The van der Waals surface area contributed by atoms with E-state index in [0.29, 0.717) is 11.4 Å². The molecule has 0 saturated carbocycles. The predicted molar refractivity (Wildman–Crippen MR) is 92.2 cm³/mol. The number of nitro groups is 1. The van der Waals surface area contributed by atoms with Crippen LogP contribution in [0.5, 0.6) is 11.6 Å². The van der Waals surface area contributed by atoms with Crippen LogP contribution in [-0.2, 0) is 0 Å². The van der Waals surface area contributed by atoms with E-state index in [0.717, 1.165) is 11.1 Å². The molecule has 1 N–H and O–H groups in total. The molecular weight excluding hydrogens is 322 g/mol. The molecule has 0 aliphatic rings. The van der Waals surface area contributed by atoms with Crippen molar-refractivity contribution in [3.05, 3.63) is 70.3 Å². The highest BCUT2D eigenvalue weighted by Gasteiger charge is 2.25. The van der Waals surface area contributed by atoms with Crippen molar-refractivity contribution in [2.45, 2.75) is 13.8 Å². The Morgan fingerprint density at radius 2 is 2.00 bits per heavy atom. The summed E-state index contributed by atoms with van der Waals surface area (Å²) >= 11 is 0. The van der Waals surface area contributed by atoms with Gasteiger partial charge < -0.3 is 10.1 Å². The molecule has 0 aliphatic carbocycles. The van der Waals surface area contributed by atoms with Crippen LogP contribution in [0.3, 0.4) is 0 Å². The maximum Gasteiger partial charge on any atom is 0.373 e. The fraction of sp³-hybridized carbons (Fsp3) is 0.118. The Morgan fingerprint density at radius 3 is 2.68 bits per heavy atom. The molecule has 0 atom stereocenters. The first-order chi connectivity index (χ1) is 12.0. The van der Waals surface area contributed by atoms with Crippen LogP contribution < -0.4 is 10.1 Å². The molecule has 0 bridgehead atoms. The maximum atomic E-state index is 11.5. The molecule has 126 valence electrons. The average Bonchev–Trinajstić information content (AvgIpc) is 2.59. The summed E-state index contributed by atoms with van der Waals surface area (Å²) in [7, 11) is 0. The minimum absolute atomic E-state index is 0.0341. The molecule has 0 unspecified atom stereocenters. The molecule has 25 heavy (non-hydrogen) atoms. The standard InChI is InChI=1S/C17H15N5O3/c1-11-5-6-14(8-12(11)2)25-17-15(22(23)24)16(19-10-20-17)21-13-4-3-7-18-9-13/h3-10H,1-2H3,(H,19,20,21). The Morgan fingerprint density at radius 1 is 1.16 bits per heavy atom. The summed E-state index contributed by atoms with van der Waals surface area (Å²) in [5.74, 6) is 0.374. The largest absolute Gasteiger partial charge is 0.434 e. The van der Waals surface area contributed by atoms with Gasteiger partial charge in [-0.1, -0.05) is 6.07 Å². The summed E-state index contributed by atoms with van der Waals surface area (Å²) in [6.07, 6.45) is 4.35. The molecule has 1 aromatic carbocycles. The van der Waals surface area contributed by atoms with E-state index < -0.39 is 4.92 Å². The lowest BCUT2D eigenvalue weighted by molar-refractivity contribution is -0.385. The Labute approximate surface area is 143 Å². The van der Waals surface area contributed by atoms with Crippen molar-refractivity contribution in [1.29, 1.82) is 0 Å². The van der Waals surface area contributed by atoms with Crippen molar-refractivity contribution < 1.29 is 9.66 Å². The maximum absolute atomic E-state index is 11.5. The van der Waals surface area contributed by atoms with Crippen LogP contribution in [0.25, 0.3) is 0 Å². The monoisotopic (exact) mass is 337 g/mol. The van der Waals surface area contributed by atoms with Gasteiger partial charge in [0.2, 0.25) is 5.82 Å². The minimum Gasteiger partial charge on any atom is -0.434 e. The highest BCUT2D eigenvalue weighted by atomic mass is 16.6. The van der Waals surface area contributed by atoms with Crippen LogP contribution in [0.4, 0.5) is 17.2 Å². The lowest BCUT2D eigenvalue weighted by Gasteiger charge is -2.10. The van der Waals surface area contributed by atoms with Crippen molar-refractivity contribution in [3.8, 4) is 11.6 Å². The number of aryl methyl sites for hydroxylation is 2. The van der Waals surface area contributed by atoms with E-state index in [-0.39, 0.29) is 17.4 Å². The molecule has 0 spiro atoms. The van der Waals surface area contributed by atoms with E-state index in [1.165, 1.54) is 12.5 Å². The van der Waals surface area contributed by atoms with Crippen LogP contribution in [0.2, 0.25) is 0 Å². The van der Waals surface area contributed by atoms with Crippen LogP contribution in [0.1, 0.15) is 11.1 Å². The lowest BCUT2D eigenvalue weighted by atomic mass is 10.1. The quantitative estimate of drug-likeness (QED) is 0.555. The van der Waals surface area contributed by atoms with Gasteiger partial charge >= 0.3 is 11.6 Å². The van der Waals surface area contributed by atoms with Crippen molar-refractivity contribution in [1.82, 2.24) is 15.0 Å². The third-order valence-electron chi connectivity index (χ3n) is 3.59. The molecule has 8 nitrogen and oxygen atoms in total. The summed E-state index contributed by atoms with van der Waals surface area (Å²) in [5, 5.41) is 14.4. The van der Waals surface area contributed by atoms with Crippen LogP contribution in [0, 0.1) is 24.0 Å². The first kappa shape index (κ1) is 16.3. The molecule has 0 radical (unpaired) electrons. The highest BCUT2D eigenvalue weighted by molar-refractivity contribution is 5.68. The molecule has 2 aromatic heterocycles.